The molecule has 0 spiro atoms. The van der Waals surface area contributed by atoms with E-state index in [-0.39, 0.29) is 5.57 Å². The zero-order valence-corrected chi connectivity index (χ0v) is 14.4. The third kappa shape index (κ3) is 4.58. The van der Waals surface area contributed by atoms with Crippen LogP contribution in [0.4, 0.5) is 15.8 Å². The molecule has 0 aliphatic rings. The molecule has 0 aliphatic carbocycles. The number of hydrogen-bond acceptors (Lipinski definition) is 6. The van der Waals surface area contributed by atoms with Gasteiger partial charge in [-0.25, -0.2) is 4.39 Å². The summed E-state index contributed by atoms with van der Waals surface area (Å²) in [5.74, 6) is -0.908. The van der Waals surface area contributed by atoms with Crippen molar-refractivity contribution in [3.8, 4) is 17.6 Å². The van der Waals surface area contributed by atoms with Crippen LogP contribution in [-0.4, -0.2) is 25.1 Å². The lowest BCUT2D eigenvalue weighted by molar-refractivity contribution is -0.384. The largest absolute Gasteiger partial charge is 0.493 e. The fourth-order valence-corrected chi connectivity index (χ4v) is 2.17. The molecular weight excluding hydrogens is 357 g/mol. The van der Waals surface area contributed by atoms with E-state index < -0.39 is 28.0 Å². The van der Waals surface area contributed by atoms with Crippen molar-refractivity contribution in [1.29, 1.82) is 5.26 Å². The summed E-state index contributed by atoms with van der Waals surface area (Å²) in [6, 6.07) is 9.16. The number of methoxy groups -OCH3 is 2. The van der Waals surface area contributed by atoms with Crippen molar-refractivity contribution in [3.05, 3.63) is 63.5 Å². The van der Waals surface area contributed by atoms with E-state index in [0.29, 0.717) is 17.1 Å². The number of ether oxygens (including phenoxy) is 2. The van der Waals surface area contributed by atoms with E-state index in [2.05, 4.69) is 5.32 Å². The normalized spacial score (nSPS) is 10.7. The Balaban J connectivity index is 2.31. The molecule has 138 valence electrons. The van der Waals surface area contributed by atoms with Crippen LogP contribution in [0.15, 0.2) is 42.0 Å². The number of anilines is 1. The lowest BCUT2D eigenvalue weighted by atomic mass is 10.1. The molecule has 0 heterocycles. The van der Waals surface area contributed by atoms with Gasteiger partial charge in [0, 0.05) is 12.1 Å². The van der Waals surface area contributed by atoms with Gasteiger partial charge in [-0.3, -0.25) is 14.9 Å². The molecule has 2 rings (SSSR count). The van der Waals surface area contributed by atoms with Crippen molar-refractivity contribution in [2.24, 2.45) is 0 Å². The average Bonchev–Trinajstić information content (AvgIpc) is 2.67. The summed E-state index contributed by atoms with van der Waals surface area (Å²) in [6.07, 6.45) is 1.27. The minimum atomic E-state index is -0.910. The van der Waals surface area contributed by atoms with Crippen LogP contribution >= 0.6 is 0 Å². The highest BCUT2D eigenvalue weighted by molar-refractivity contribution is 6.09. The molecule has 0 unspecified atom stereocenters. The number of nitro groups is 1. The third-order valence-corrected chi connectivity index (χ3v) is 3.49. The fraction of sp³-hybridized carbons (Fsp3) is 0.111. The standard InChI is InChI=1S/C18H14FN3O5/c1-26-16-6-3-11(8-17(16)27-2)7-12(10-20)18(23)21-15-9-13(22(24)25)4-5-14(15)19/h3-9H,1-2H3,(H,21,23). The van der Waals surface area contributed by atoms with Crippen molar-refractivity contribution in [3.63, 3.8) is 0 Å². The van der Waals surface area contributed by atoms with E-state index >= 15 is 0 Å². The number of nitrogens with one attached hydrogen (secondary N) is 1. The van der Waals surface area contributed by atoms with Crippen molar-refractivity contribution in [1.82, 2.24) is 0 Å². The van der Waals surface area contributed by atoms with Crippen molar-refractivity contribution >= 4 is 23.4 Å². The van der Waals surface area contributed by atoms with Crippen LogP contribution in [-0.2, 0) is 4.79 Å². The Kier molecular flexibility index (Phi) is 6.06. The van der Waals surface area contributed by atoms with E-state index in [9.17, 15) is 24.6 Å². The van der Waals surface area contributed by atoms with Gasteiger partial charge >= 0.3 is 0 Å². The summed E-state index contributed by atoms with van der Waals surface area (Å²) >= 11 is 0. The van der Waals surface area contributed by atoms with Gasteiger partial charge < -0.3 is 14.8 Å². The van der Waals surface area contributed by atoms with Crippen LogP contribution in [0.5, 0.6) is 11.5 Å². The van der Waals surface area contributed by atoms with E-state index in [0.717, 1.165) is 18.2 Å². The minimum Gasteiger partial charge on any atom is -0.493 e. The van der Waals surface area contributed by atoms with E-state index in [1.54, 1.807) is 24.3 Å². The zero-order valence-electron chi connectivity index (χ0n) is 14.4. The molecule has 0 atom stereocenters. The topological polar surface area (TPSA) is 114 Å². The second kappa shape index (κ2) is 8.44. The first-order chi connectivity index (χ1) is 12.9. The predicted octanol–water partition coefficient (Wildman–Crippen LogP) is 3.30. The van der Waals surface area contributed by atoms with Gasteiger partial charge in [0.2, 0.25) is 0 Å². The Morgan fingerprint density at radius 2 is 1.93 bits per heavy atom. The molecule has 9 heteroatoms. The quantitative estimate of drug-likeness (QED) is 0.361. The number of carbonyl (C=O) groups is 1. The van der Waals surface area contributed by atoms with Crippen LogP contribution in [0.3, 0.4) is 0 Å². The van der Waals surface area contributed by atoms with E-state index in [1.807, 2.05) is 0 Å². The number of nitro benzene ring substituents is 1. The summed E-state index contributed by atoms with van der Waals surface area (Å²) in [5, 5.41) is 22.2. The van der Waals surface area contributed by atoms with E-state index in [4.69, 9.17) is 9.47 Å². The average molecular weight is 371 g/mol. The van der Waals surface area contributed by atoms with Crippen molar-refractivity contribution in [2.45, 2.75) is 0 Å². The Hall–Kier alpha value is -3.93. The van der Waals surface area contributed by atoms with Crippen molar-refractivity contribution in [2.75, 3.05) is 19.5 Å². The molecule has 0 bridgehead atoms. The molecule has 2 aromatic rings. The molecular formula is C18H14FN3O5. The smallest absolute Gasteiger partial charge is 0.271 e. The van der Waals surface area contributed by atoms with Gasteiger partial charge in [-0.1, -0.05) is 6.07 Å². The van der Waals surface area contributed by atoms with Gasteiger partial charge in [-0.15, -0.1) is 0 Å². The second-order valence-electron chi connectivity index (χ2n) is 5.16. The first-order valence-corrected chi connectivity index (χ1v) is 7.48. The minimum absolute atomic E-state index is 0.326. The Bertz CT molecular complexity index is 966. The number of non-ortho nitro benzene ring substituents is 1. The number of rotatable bonds is 6. The highest BCUT2D eigenvalue weighted by Gasteiger charge is 2.16. The Morgan fingerprint density at radius 1 is 1.22 bits per heavy atom. The van der Waals surface area contributed by atoms with Crippen LogP contribution in [0.1, 0.15) is 5.56 Å². The number of hydrogen-bond donors (Lipinski definition) is 1. The van der Waals surface area contributed by atoms with Crippen LogP contribution in [0.25, 0.3) is 6.08 Å². The molecule has 2 aromatic carbocycles. The predicted molar refractivity (Wildman–Crippen MR) is 94.8 cm³/mol. The Morgan fingerprint density at radius 3 is 2.52 bits per heavy atom. The highest BCUT2D eigenvalue weighted by Crippen LogP contribution is 2.28. The highest BCUT2D eigenvalue weighted by atomic mass is 19.1. The molecule has 27 heavy (non-hydrogen) atoms. The van der Waals surface area contributed by atoms with Gasteiger partial charge in [0.15, 0.2) is 11.5 Å². The first-order valence-electron chi connectivity index (χ1n) is 7.48. The third-order valence-electron chi connectivity index (χ3n) is 3.49. The summed E-state index contributed by atoms with van der Waals surface area (Å²) in [4.78, 5) is 22.3. The molecule has 0 radical (unpaired) electrons. The van der Waals surface area contributed by atoms with Crippen LogP contribution in [0.2, 0.25) is 0 Å². The SMILES string of the molecule is COc1ccc(C=C(C#N)C(=O)Nc2cc([N+](=O)[O-])ccc2F)cc1OC. The maximum absolute atomic E-state index is 13.8. The molecule has 0 aliphatic heterocycles. The van der Waals surface area contributed by atoms with Gasteiger partial charge in [0.25, 0.3) is 11.6 Å². The molecule has 0 saturated heterocycles. The summed E-state index contributed by atoms with van der Waals surface area (Å²) in [6.45, 7) is 0. The van der Waals surface area contributed by atoms with E-state index in [1.165, 1.54) is 20.3 Å². The number of benzene rings is 2. The molecule has 1 amide bonds. The van der Waals surface area contributed by atoms with Gasteiger partial charge in [-0.2, -0.15) is 5.26 Å². The summed E-state index contributed by atoms with van der Waals surface area (Å²) in [5.41, 5.74) is -0.649. The van der Waals surface area contributed by atoms with Crippen molar-refractivity contribution < 1.29 is 23.6 Å². The van der Waals surface area contributed by atoms with Gasteiger partial charge in [0.05, 0.1) is 24.8 Å². The van der Waals surface area contributed by atoms with Gasteiger partial charge in [0.1, 0.15) is 17.5 Å². The maximum atomic E-state index is 13.8. The lowest BCUT2D eigenvalue weighted by Gasteiger charge is -2.08. The van der Waals surface area contributed by atoms with Gasteiger partial charge in [-0.05, 0) is 29.8 Å². The zero-order chi connectivity index (χ0) is 20.0. The Labute approximate surface area is 153 Å². The first kappa shape index (κ1) is 19.4. The van der Waals surface area contributed by atoms with Crippen LogP contribution < -0.4 is 14.8 Å². The number of nitriles is 1. The molecule has 0 aromatic heterocycles. The molecule has 0 fully saturated rings. The van der Waals surface area contributed by atoms with Crippen LogP contribution in [0, 0.1) is 27.3 Å². The lowest BCUT2D eigenvalue weighted by Crippen LogP contribution is -2.14. The molecule has 8 nitrogen and oxygen atoms in total. The summed E-state index contributed by atoms with van der Waals surface area (Å²) < 4.78 is 24.1. The summed E-state index contributed by atoms with van der Waals surface area (Å²) in [7, 11) is 2.91. The maximum Gasteiger partial charge on any atom is 0.271 e. The fourth-order valence-electron chi connectivity index (χ4n) is 2.17. The number of halogens is 1. The molecule has 0 saturated carbocycles. The molecule has 1 N–H and O–H groups in total. The number of carbonyl (C=O) groups excluding carboxylic acids is 1. The monoisotopic (exact) mass is 371 g/mol. The number of nitrogens with zero attached hydrogens (tertiary/aromatic N) is 2. The number of amides is 1. The second-order valence-corrected chi connectivity index (χ2v) is 5.16.